The lowest BCUT2D eigenvalue weighted by Gasteiger charge is -2.23. The van der Waals surface area contributed by atoms with E-state index in [0.29, 0.717) is 16.6 Å². The van der Waals surface area contributed by atoms with Crippen LogP contribution >= 0.6 is 0 Å². The third-order valence-electron chi connectivity index (χ3n) is 11.5. The molecule has 0 spiro atoms. The van der Waals surface area contributed by atoms with Crippen LogP contribution in [-0.4, -0.2) is 52.9 Å². The number of hydrogen-bond donors (Lipinski definition) is 0. The average Bonchev–Trinajstić information content (AvgIpc) is 3.88. The number of hydrogen-bond acceptors (Lipinski definition) is 0. The van der Waals surface area contributed by atoms with E-state index in [0.717, 1.165) is 55.3 Å². The highest BCUT2D eigenvalue weighted by Crippen LogP contribution is 2.39. The smallest absolute Gasteiger partial charge is 0.115 e. The monoisotopic (exact) mass is 699 g/mol. The van der Waals surface area contributed by atoms with Gasteiger partial charge >= 0.3 is 0 Å². The topological polar surface area (TPSA) is 14.8 Å². The minimum absolute atomic E-state index is 0.194. The van der Waals surface area contributed by atoms with Crippen molar-refractivity contribution in [1.82, 2.24) is 13.7 Å². The van der Waals surface area contributed by atoms with E-state index in [-0.39, 0.29) is 16.4 Å². The van der Waals surface area contributed by atoms with Crippen LogP contribution in [0, 0.1) is 0 Å². The highest BCUT2D eigenvalue weighted by Gasteiger charge is 2.20. The van der Waals surface area contributed by atoms with Gasteiger partial charge in [0.05, 0.1) is 33.1 Å². The van der Waals surface area contributed by atoms with E-state index in [1.807, 2.05) is 22.8 Å². The van der Waals surface area contributed by atoms with Gasteiger partial charge in [0.1, 0.15) is 39.2 Å². The van der Waals surface area contributed by atoms with Crippen molar-refractivity contribution >= 4 is 132 Å². The van der Waals surface area contributed by atoms with Gasteiger partial charge in [-0.3, -0.25) is 0 Å². The van der Waals surface area contributed by atoms with E-state index in [1.54, 1.807) is 0 Å². The number of fused-ring (bicyclic) bond motifs is 9. The molecule has 3 nitrogen and oxygen atoms in total. The Labute approximate surface area is 330 Å². The number of para-hydroxylation sites is 4. The summed E-state index contributed by atoms with van der Waals surface area (Å²) in [6.07, 6.45) is 0. The van der Waals surface area contributed by atoms with Crippen LogP contribution in [0.25, 0.3) is 93.6 Å². The molecule has 0 aliphatic heterocycles. The third-order valence-corrected chi connectivity index (χ3v) is 11.5. The first-order valence-electron chi connectivity index (χ1n) is 18.6. The van der Waals surface area contributed by atoms with Gasteiger partial charge in [-0.1, -0.05) is 102 Å². The molecular formula is C48H26B5N3. The van der Waals surface area contributed by atoms with E-state index >= 15 is 0 Å². The van der Waals surface area contributed by atoms with Crippen molar-refractivity contribution in [3.05, 3.63) is 158 Å². The van der Waals surface area contributed by atoms with Crippen LogP contribution in [0.5, 0.6) is 0 Å². The van der Waals surface area contributed by atoms with Crippen LogP contribution in [-0.2, 0) is 0 Å². The summed E-state index contributed by atoms with van der Waals surface area (Å²) in [6, 6.07) is 56.2. The summed E-state index contributed by atoms with van der Waals surface area (Å²) >= 11 is 0. The average molecular weight is 699 g/mol. The minimum atomic E-state index is 0.194. The Balaban J connectivity index is 1.09. The minimum Gasteiger partial charge on any atom is -0.310 e. The zero-order valence-corrected chi connectivity index (χ0v) is 30.2. The van der Waals surface area contributed by atoms with E-state index < -0.39 is 0 Å². The van der Waals surface area contributed by atoms with E-state index in [4.69, 9.17) is 39.2 Å². The molecule has 248 valence electrons. The summed E-state index contributed by atoms with van der Waals surface area (Å²) in [7, 11) is 32.0. The molecule has 0 unspecified atom stereocenters. The summed E-state index contributed by atoms with van der Waals surface area (Å²) in [6.45, 7) is 0. The summed E-state index contributed by atoms with van der Waals surface area (Å²) in [5, 5.41) is 6.96. The van der Waals surface area contributed by atoms with Crippen LogP contribution < -0.4 is 27.3 Å². The third kappa shape index (κ3) is 4.59. The van der Waals surface area contributed by atoms with Gasteiger partial charge < -0.3 is 13.7 Å². The number of benzene rings is 8. The van der Waals surface area contributed by atoms with Crippen LogP contribution in [0.1, 0.15) is 0 Å². The summed E-state index contributed by atoms with van der Waals surface area (Å²) in [5.41, 5.74) is 12.7. The molecule has 0 amide bonds. The predicted molar refractivity (Wildman–Crippen MR) is 242 cm³/mol. The van der Waals surface area contributed by atoms with Crippen molar-refractivity contribution in [2.75, 3.05) is 0 Å². The highest BCUT2D eigenvalue weighted by atomic mass is 15.0. The van der Waals surface area contributed by atoms with Crippen LogP contribution in [0.2, 0.25) is 0 Å². The summed E-state index contributed by atoms with van der Waals surface area (Å²) < 4.78 is 6.78. The predicted octanol–water partition coefficient (Wildman–Crippen LogP) is 6.61. The molecule has 3 heterocycles. The molecule has 0 saturated heterocycles. The van der Waals surface area contributed by atoms with Gasteiger partial charge in [0, 0.05) is 49.4 Å². The molecule has 0 aliphatic carbocycles. The second kappa shape index (κ2) is 12.2. The molecule has 8 heteroatoms. The fourth-order valence-corrected chi connectivity index (χ4v) is 8.87. The summed E-state index contributed by atoms with van der Waals surface area (Å²) in [5.74, 6) is 0. The Bertz CT molecular complexity index is 3360. The molecule has 8 aromatic carbocycles. The lowest BCUT2D eigenvalue weighted by molar-refractivity contribution is 1.13. The van der Waals surface area contributed by atoms with Crippen molar-refractivity contribution in [2.24, 2.45) is 0 Å². The molecule has 3 aromatic heterocycles. The van der Waals surface area contributed by atoms with Crippen molar-refractivity contribution in [2.45, 2.75) is 0 Å². The van der Waals surface area contributed by atoms with Gasteiger partial charge in [-0.05, 0) is 77.9 Å². The van der Waals surface area contributed by atoms with Gasteiger partial charge in [-0.25, -0.2) is 0 Å². The van der Waals surface area contributed by atoms with Gasteiger partial charge in [-0.2, -0.15) is 0 Å². The lowest BCUT2D eigenvalue weighted by atomic mass is 9.61. The van der Waals surface area contributed by atoms with Gasteiger partial charge in [0.25, 0.3) is 0 Å². The molecule has 10 radical (unpaired) electrons. The normalized spacial score (nSPS) is 11.9. The Morgan fingerprint density at radius 2 is 0.607 bits per heavy atom. The van der Waals surface area contributed by atoms with Crippen LogP contribution in [0.4, 0.5) is 0 Å². The van der Waals surface area contributed by atoms with E-state index in [1.165, 1.54) is 32.6 Å². The van der Waals surface area contributed by atoms with Crippen LogP contribution in [0.3, 0.4) is 0 Å². The molecule has 11 rings (SSSR count). The van der Waals surface area contributed by atoms with Crippen LogP contribution in [0.15, 0.2) is 158 Å². The first kappa shape index (κ1) is 32.9. The Kier molecular flexibility index (Phi) is 7.19. The first-order chi connectivity index (χ1) is 27.4. The van der Waals surface area contributed by atoms with Gasteiger partial charge in [-0.15, -0.1) is 16.4 Å². The molecule has 0 fully saturated rings. The second-order valence-corrected chi connectivity index (χ2v) is 14.5. The molecular weight excluding hydrogens is 673 g/mol. The maximum absolute atomic E-state index is 6.60. The van der Waals surface area contributed by atoms with Crippen molar-refractivity contribution < 1.29 is 0 Å². The molecule has 0 bridgehead atoms. The molecule has 56 heavy (non-hydrogen) atoms. The molecule has 0 N–H and O–H groups in total. The lowest BCUT2D eigenvalue weighted by Crippen LogP contribution is -2.56. The quantitative estimate of drug-likeness (QED) is 0.184. The Morgan fingerprint density at radius 1 is 0.268 bits per heavy atom. The molecule has 0 atom stereocenters. The molecule has 11 aromatic rings. The SMILES string of the molecule is [B]c1c([B])c([B])c(-n2c3ccccc3c3cc(-c4ccc5c(c4)c4ccccc4n5-c4cccc(-n5c6ccccc6c6ccccc65)c4)ccc32)c([B])c1[B]. The number of nitrogens with zero attached hydrogens (tertiary/aromatic N) is 3. The fourth-order valence-electron chi connectivity index (χ4n) is 8.87. The first-order valence-corrected chi connectivity index (χ1v) is 18.6. The summed E-state index contributed by atoms with van der Waals surface area (Å²) in [4.78, 5) is 0. The maximum Gasteiger partial charge on any atom is 0.115 e. The second-order valence-electron chi connectivity index (χ2n) is 14.5. The van der Waals surface area contributed by atoms with Gasteiger partial charge in [0.15, 0.2) is 0 Å². The zero-order chi connectivity index (χ0) is 37.8. The maximum atomic E-state index is 6.60. The number of rotatable bonds is 4. The van der Waals surface area contributed by atoms with Crippen molar-refractivity contribution in [3.8, 4) is 28.2 Å². The largest absolute Gasteiger partial charge is 0.310 e. The zero-order valence-electron chi connectivity index (χ0n) is 30.2. The van der Waals surface area contributed by atoms with E-state index in [9.17, 15) is 0 Å². The standard InChI is InChI=1S/C48H26B5N3/c49-43-44(50)46(52)48(47(53)45(43)51)56-40-19-8-4-15-34(40)36-25-28(21-23-42(36)56)27-20-22-41-35(24-27)33-14-3-7-18-39(33)55(41)30-11-9-10-29(26-30)54-37-16-5-1-12-31(37)32-13-2-6-17-38(32)54/h1-26H. The van der Waals surface area contributed by atoms with E-state index in [2.05, 4.69) is 149 Å². The Hall–Kier alpha value is -6.52. The van der Waals surface area contributed by atoms with Crippen molar-refractivity contribution in [3.63, 3.8) is 0 Å². The number of aromatic nitrogens is 3. The highest BCUT2D eigenvalue weighted by molar-refractivity contribution is 6.68. The molecule has 0 saturated carbocycles. The fraction of sp³-hybridized carbons (Fsp3) is 0. The van der Waals surface area contributed by atoms with Gasteiger partial charge in [0.2, 0.25) is 0 Å². The Morgan fingerprint density at radius 3 is 1.05 bits per heavy atom. The van der Waals surface area contributed by atoms with Crippen molar-refractivity contribution in [1.29, 1.82) is 0 Å². The molecule has 0 aliphatic rings.